The molecule has 116 valence electrons. The minimum atomic E-state index is -0.0888. The first-order chi connectivity index (χ1) is 11.3. The highest BCUT2D eigenvalue weighted by molar-refractivity contribution is 6.31. The van der Waals surface area contributed by atoms with E-state index in [4.69, 9.17) is 21.1 Å². The Morgan fingerprint density at radius 1 is 1.13 bits per heavy atom. The van der Waals surface area contributed by atoms with Crippen LogP contribution in [-0.2, 0) is 0 Å². The first-order valence-electron chi connectivity index (χ1n) is 7.32. The molecule has 0 spiro atoms. The molecule has 1 aromatic heterocycles. The van der Waals surface area contributed by atoms with E-state index in [1.165, 1.54) is 6.33 Å². The normalized spacial score (nSPS) is 16.3. The molecular weight excluding hydrogens is 314 g/mol. The lowest BCUT2D eigenvalue weighted by Gasteiger charge is -2.26. The zero-order valence-electron chi connectivity index (χ0n) is 12.2. The Balaban J connectivity index is 1.51. The zero-order valence-corrected chi connectivity index (χ0v) is 13.0. The lowest BCUT2D eigenvalue weighted by Crippen LogP contribution is -2.35. The number of anilines is 1. The number of para-hydroxylation sites is 2. The van der Waals surface area contributed by atoms with E-state index in [1.54, 1.807) is 0 Å². The van der Waals surface area contributed by atoms with E-state index in [1.807, 2.05) is 42.5 Å². The summed E-state index contributed by atoms with van der Waals surface area (Å²) in [5.74, 6) is 2.28. The average Bonchev–Trinajstić information content (AvgIpc) is 2.59. The minimum Gasteiger partial charge on any atom is -0.486 e. The van der Waals surface area contributed by atoms with Crippen molar-refractivity contribution < 1.29 is 9.47 Å². The van der Waals surface area contributed by atoms with Crippen LogP contribution in [0.2, 0.25) is 5.02 Å². The predicted octanol–water partition coefficient (Wildman–Crippen LogP) is 3.54. The van der Waals surface area contributed by atoms with Crippen LogP contribution in [0.25, 0.3) is 10.9 Å². The van der Waals surface area contributed by atoms with Gasteiger partial charge in [-0.3, -0.25) is 0 Å². The Morgan fingerprint density at radius 2 is 2.00 bits per heavy atom. The fraction of sp³-hybridized carbons (Fsp3) is 0.176. The van der Waals surface area contributed by atoms with Crippen molar-refractivity contribution in [3.63, 3.8) is 0 Å². The molecule has 6 heteroatoms. The van der Waals surface area contributed by atoms with Crippen LogP contribution in [-0.4, -0.2) is 29.2 Å². The van der Waals surface area contributed by atoms with Crippen molar-refractivity contribution >= 4 is 28.3 Å². The maximum absolute atomic E-state index is 6.07. The Labute approximate surface area is 138 Å². The van der Waals surface area contributed by atoms with Crippen molar-refractivity contribution in [3.05, 3.63) is 53.8 Å². The molecule has 1 aliphatic rings. The summed E-state index contributed by atoms with van der Waals surface area (Å²) in [6.45, 7) is 1.07. The summed E-state index contributed by atoms with van der Waals surface area (Å²) in [4.78, 5) is 8.54. The molecule has 0 radical (unpaired) electrons. The van der Waals surface area contributed by atoms with Gasteiger partial charge in [-0.1, -0.05) is 23.7 Å². The third-order valence-corrected chi connectivity index (χ3v) is 3.90. The van der Waals surface area contributed by atoms with E-state index < -0.39 is 0 Å². The van der Waals surface area contributed by atoms with Gasteiger partial charge in [0.1, 0.15) is 24.9 Å². The van der Waals surface area contributed by atoms with Gasteiger partial charge in [-0.25, -0.2) is 9.97 Å². The summed E-state index contributed by atoms with van der Waals surface area (Å²) in [5, 5.41) is 4.84. The molecule has 1 atom stereocenters. The molecule has 1 unspecified atom stereocenters. The Morgan fingerprint density at radius 3 is 2.91 bits per heavy atom. The summed E-state index contributed by atoms with van der Waals surface area (Å²) >= 11 is 6.07. The maximum Gasteiger partial charge on any atom is 0.161 e. The molecule has 0 amide bonds. The number of aromatic nitrogens is 2. The molecular formula is C17H14ClN3O2. The third kappa shape index (κ3) is 2.87. The highest BCUT2D eigenvalue weighted by atomic mass is 35.5. The van der Waals surface area contributed by atoms with Crippen molar-refractivity contribution in [2.75, 3.05) is 18.5 Å². The van der Waals surface area contributed by atoms with Gasteiger partial charge in [0.2, 0.25) is 0 Å². The molecule has 2 aromatic carbocycles. The van der Waals surface area contributed by atoms with Crippen LogP contribution in [0.15, 0.2) is 48.8 Å². The van der Waals surface area contributed by atoms with Gasteiger partial charge in [-0.05, 0) is 30.3 Å². The smallest absolute Gasteiger partial charge is 0.161 e. The van der Waals surface area contributed by atoms with E-state index in [0.717, 1.165) is 28.2 Å². The number of nitrogens with zero attached hydrogens (tertiary/aromatic N) is 2. The van der Waals surface area contributed by atoms with Gasteiger partial charge in [0.25, 0.3) is 0 Å². The maximum atomic E-state index is 6.07. The molecule has 2 heterocycles. The zero-order chi connectivity index (χ0) is 15.6. The lowest BCUT2D eigenvalue weighted by atomic mass is 10.2. The molecule has 0 bridgehead atoms. The Bertz CT molecular complexity index is 856. The molecule has 0 fully saturated rings. The largest absolute Gasteiger partial charge is 0.486 e. The first kappa shape index (κ1) is 14.1. The number of ether oxygens (including phenoxy) is 2. The lowest BCUT2D eigenvalue weighted by molar-refractivity contribution is 0.0997. The van der Waals surface area contributed by atoms with Gasteiger partial charge in [0.15, 0.2) is 11.5 Å². The van der Waals surface area contributed by atoms with Crippen LogP contribution >= 0.6 is 11.6 Å². The van der Waals surface area contributed by atoms with Crippen molar-refractivity contribution in [3.8, 4) is 11.5 Å². The fourth-order valence-corrected chi connectivity index (χ4v) is 2.72. The molecule has 23 heavy (non-hydrogen) atoms. The Kier molecular flexibility index (Phi) is 3.63. The van der Waals surface area contributed by atoms with Gasteiger partial charge in [-0.15, -0.1) is 0 Å². The number of hydrogen-bond donors (Lipinski definition) is 1. The Hall–Kier alpha value is -2.53. The highest BCUT2D eigenvalue weighted by Crippen LogP contribution is 2.31. The van der Waals surface area contributed by atoms with Gasteiger partial charge < -0.3 is 14.8 Å². The van der Waals surface area contributed by atoms with Crippen molar-refractivity contribution in [2.45, 2.75) is 6.10 Å². The van der Waals surface area contributed by atoms with Crippen LogP contribution in [0.1, 0.15) is 0 Å². The second-order valence-corrected chi connectivity index (χ2v) is 5.70. The van der Waals surface area contributed by atoms with Crippen molar-refractivity contribution in [1.82, 2.24) is 9.97 Å². The van der Waals surface area contributed by atoms with E-state index in [2.05, 4.69) is 15.3 Å². The second kappa shape index (κ2) is 5.93. The first-order valence-corrected chi connectivity index (χ1v) is 7.70. The van der Waals surface area contributed by atoms with Crippen LogP contribution < -0.4 is 14.8 Å². The monoisotopic (exact) mass is 327 g/mol. The summed E-state index contributed by atoms with van der Waals surface area (Å²) in [5.41, 5.74) is 0.845. The summed E-state index contributed by atoms with van der Waals surface area (Å²) in [6, 6.07) is 13.2. The molecule has 5 nitrogen and oxygen atoms in total. The predicted molar refractivity (Wildman–Crippen MR) is 89.4 cm³/mol. The van der Waals surface area contributed by atoms with Gasteiger partial charge in [-0.2, -0.15) is 0 Å². The number of nitrogens with one attached hydrogen (secondary N) is 1. The molecule has 0 saturated carbocycles. The second-order valence-electron chi connectivity index (χ2n) is 5.26. The molecule has 4 rings (SSSR count). The molecule has 0 saturated heterocycles. The molecule has 1 N–H and O–H groups in total. The van der Waals surface area contributed by atoms with Gasteiger partial charge in [0, 0.05) is 10.4 Å². The van der Waals surface area contributed by atoms with E-state index >= 15 is 0 Å². The van der Waals surface area contributed by atoms with Crippen LogP contribution in [0, 0.1) is 0 Å². The van der Waals surface area contributed by atoms with E-state index in [0.29, 0.717) is 18.2 Å². The average molecular weight is 328 g/mol. The SMILES string of the molecule is Clc1ccc2ncnc(NCC3COc4ccccc4O3)c2c1. The van der Waals surface area contributed by atoms with Crippen molar-refractivity contribution in [1.29, 1.82) is 0 Å². The van der Waals surface area contributed by atoms with Crippen LogP contribution in [0.5, 0.6) is 11.5 Å². The minimum absolute atomic E-state index is 0.0888. The number of rotatable bonds is 3. The van der Waals surface area contributed by atoms with Gasteiger partial charge in [0.05, 0.1) is 12.1 Å². The summed E-state index contributed by atoms with van der Waals surface area (Å²) in [6.07, 6.45) is 1.45. The number of hydrogen-bond acceptors (Lipinski definition) is 5. The number of fused-ring (bicyclic) bond motifs is 2. The van der Waals surface area contributed by atoms with E-state index in [-0.39, 0.29) is 6.10 Å². The van der Waals surface area contributed by atoms with Crippen LogP contribution in [0.4, 0.5) is 5.82 Å². The quantitative estimate of drug-likeness (QED) is 0.797. The van der Waals surface area contributed by atoms with Crippen molar-refractivity contribution in [2.24, 2.45) is 0 Å². The van der Waals surface area contributed by atoms with E-state index in [9.17, 15) is 0 Å². The molecule has 0 aliphatic carbocycles. The summed E-state index contributed by atoms with van der Waals surface area (Å²) in [7, 11) is 0. The van der Waals surface area contributed by atoms with Crippen LogP contribution in [0.3, 0.4) is 0 Å². The third-order valence-electron chi connectivity index (χ3n) is 3.66. The number of benzene rings is 2. The number of halogens is 1. The summed E-state index contributed by atoms with van der Waals surface area (Å²) < 4.78 is 11.6. The molecule has 1 aliphatic heterocycles. The fourth-order valence-electron chi connectivity index (χ4n) is 2.54. The topological polar surface area (TPSA) is 56.3 Å². The van der Waals surface area contributed by atoms with Gasteiger partial charge >= 0.3 is 0 Å². The highest BCUT2D eigenvalue weighted by Gasteiger charge is 2.20. The molecule has 3 aromatic rings. The standard InChI is InChI=1S/C17H14ClN3O2/c18-11-5-6-14-13(7-11)17(21-10-20-14)19-8-12-9-22-15-3-1-2-4-16(15)23-12/h1-7,10,12H,8-9H2,(H,19,20,21).